The van der Waals surface area contributed by atoms with Crippen molar-refractivity contribution in [2.45, 2.75) is 18.9 Å². The summed E-state index contributed by atoms with van der Waals surface area (Å²) in [7, 11) is -10.0. The summed E-state index contributed by atoms with van der Waals surface area (Å²) in [5.74, 6) is 0. The van der Waals surface area contributed by atoms with Gasteiger partial charge in [0.25, 0.3) is 0 Å². The van der Waals surface area contributed by atoms with E-state index in [-0.39, 0.29) is 0 Å². The molecule has 0 N–H and O–H groups in total. The minimum Gasteiger partial charge on any atom is -0.214 e. The number of alkyl halides is 3. The highest BCUT2D eigenvalue weighted by molar-refractivity contribution is 7.95. The Labute approximate surface area is 82.4 Å². The summed E-state index contributed by atoms with van der Waals surface area (Å²) >= 11 is 0. The molecule has 90 valence electrons. The number of hydrogen-bond acceptors (Lipinski definition) is 7. The molecule has 0 radical (unpaired) electrons. The molecule has 0 aromatic carbocycles. The molecule has 0 atom stereocenters. The van der Waals surface area contributed by atoms with Crippen molar-refractivity contribution in [3.8, 4) is 0 Å². The fraction of sp³-hybridized carbons (Fsp3) is 1.00. The Kier molecular flexibility index (Phi) is 2.99. The average Bonchev–Trinajstić information content (AvgIpc) is 1.70. The van der Waals surface area contributed by atoms with Crippen molar-refractivity contribution in [3.63, 3.8) is 0 Å². The van der Waals surface area contributed by atoms with Crippen LogP contribution in [0.15, 0.2) is 0 Å². The zero-order valence-corrected chi connectivity index (χ0v) is 8.23. The van der Waals surface area contributed by atoms with E-state index in [1.807, 2.05) is 0 Å². The number of halogens is 3. The van der Waals surface area contributed by atoms with Gasteiger partial charge >= 0.3 is 27.0 Å². The summed E-state index contributed by atoms with van der Waals surface area (Å²) in [5.41, 5.74) is 0. The Balaban J connectivity index is 2.86. The van der Waals surface area contributed by atoms with Gasteiger partial charge in [-0.05, 0) is 0 Å². The van der Waals surface area contributed by atoms with Gasteiger partial charge < -0.3 is 0 Å². The highest BCUT2D eigenvalue weighted by Crippen LogP contribution is 2.28. The maximum Gasteiger partial charge on any atom is 0.418 e. The molecule has 0 bridgehead atoms. The zero-order chi connectivity index (χ0) is 11.9. The standard InChI is InChI=1S/C3H3F3O7S2/c4-3(5,6)1-2-11-14(7,8)13-15(9,10)12-2/h2H,1H2. The van der Waals surface area contributed by atoms with Crippen LogP contribution >= 0.6 is 0 Å². The molecule has 0 unspecified atom stereocenters. The lowest BCUT2D eigenvalue weighted by molar-refractivity contribution is -0.178. The second-order valence-corrected chi connectivity index (χ2v) is 4.89. The lowest BCUT2D eigenvalue weighted by Gasteiger charge is -2.21. The molecule has 1 rings (SSSR count). The Bertz CT molecular complexity index is 399. The van der Waals surface area contributed by atoms with Crippen molar-refractivity contribution < 1.29 is 42.0 Å². The maximum absolute atomic E-state index is 11.8. The van der Waals surface area contributed by atoms with E-state index >= 15 is 0 Å². The monoisotopic (exact) mass is 272 g/mol. The normalized spacial score (nSPS) is 26.3. The lowest BCUT2D eigenvalue weighted by Crippen LogP contribution is -2.37. The van der Waals surface area contributed by atoms with Gasteiger partial charge in [-0.25, -0.2) is 8.37 Å². The van der Waals surface area contributed by atoms with Crippen LogP contribution in [-0.4, -0.2) is 29.3 Å². The van der Waals surface area contributed by atoms with Gasteiger partial charge in [0.1, 0.15) is 0 Å². The van der Waals surface area contributed by atoms with Crippen LogP contribution in [0.3, 0.4) is 0 Å². The first-order valence-corrected chi connectivity index (χ1v) is 5.80. The Morgan fingerprint density at radius 1 is 1.00 bits per heavy atom. The summed E-state index contributed by atoms with van der Waals surface area (Å²) in [5, 5.41) is 0. The molecule has 1 heterocycles. The molecule has 12 heteroatoms. The van der Waals surface area contributed by atoms with Crippen molar-refractivity contribution >= 4 is 20.8 Å². The van der Waals surface area contributed by atoms with E-state index in [0.717, 1.165) is 0 Å². The molecule has 0 aromatic rings. The molecular formula is C3H3F3O7S2. The molecule has 15 heavy (non-hydrogen) atoms. The summed E-state index contributed by atoms with van der Waals surface area (Å²) < 4.78 is 87.7. The molecule has 7 nitrogen and oxygen atoms in total. The van der Waals surface area contributed by atoms with Gasteiger partial charge in [-0.15, -0.1) is 3.63 Å². The molecule has 0 saturated carbocycles. The lowest BCUT2D eigenvalue weighted by atomic mass is 10.4. The molecule has 0 aliphatic carbocycles. The molecule has 0 spiro atoms. The van der Waals surface area contributed by atoms with Crippen molar-refractivity contribution in [1.82, 2.24) is 0 Å². The van der Waals surface area contributed by atoms with Crippen LogP contribution < -0.4 is 0 Å². The molecule has 0 aromatic heterocycles. The van der Waals surface area contributed by atoms with E-state index in [0.29, 0.717) is 0 Å². The zero-order valence-electron chi connectivity index (χ0n) is 6.59. The molecule has 0 amide bonds. The predicted molar refractivity (Wildman–Crippen MR) is 35.6 cm³/mol. The summed E-state index contributed by atoms with van der Waals surface area (Å²) in [6.07, 6.45) is -9.23. The van der Waals surface area contributed by atoms with E-state index < -0.39 is 39.7 Å². The Hall–Kier alpha value is -0.430. The van der Waals surface area contributed by atoms with Gasteiger partial charge in [0.15, 0.2) is 0 Å². The predicted octanol–water partition coefficient (Wildman–Crippen LogP) is -0.182. The third kappa shape index (κ3) is 4.29. The van der Waals surface area contributed by atoms with Crippen molar-refractivity contribution in [3.05, 3.63) is 0 Å². The van der Waals surface area contributed by atoms with Gasteiger partial charge in [-0.3, -0.25) is 0 Å². The third-order valence-electron chi connectivity index (χ3n) is 1.02. The van der Waals surface area contributed by atoms with Gasteiger partial charge in [0, 0.05) is 0 Å². The molecule has 1 aliphatic rings. The highest BCUT2D eigenvalue weighted by atomic mass is 32.3. The first kappa shape index (κ1) is 12.6. The van der Waals surface area contributed by atoms with E-state index in [1.54, 1.807) is 0 Å². The van der Waals surface area contributed by atoms with E-state index in [1.165, 1.54) is 0 Å². The SMILES string of the molecule is O=S1(=O)OC(CC(F)(F)F)OS(=O)(=O)O1. The fourth-order valence-electron chi connectivity index (χ4n) is 0.670. The smallest absolute Gasteiger partial charge is 0.214 e. The highest BCUT2D eigenvalue weighted by Gasteiger charge is 2.44. The topological polar surface area (TPSA) is 96.0 Å². The van der Waals surface area contributed by atoms with Crippen LogP contribution in [0.25, 0.3) is 0 Å². The largest absolute Gasteiger partial charge is 0.418 e. The molecular weight excluding hydrogens is 269 g/mol. The Morgan fingerprint density at radius 3 is 1.73 bits per heavy atom. The second-order valence-electron chi connectivity index (χ2n) is 2.33. The minimum absolute atomic E-state index is 1.89. The minimum atomic E-state index is -5.02. The summed E-state index contributed by atoms with van der Waals surface area (Å²) in [4.78, 5) is 0. The van der Waals surface area contributed by atoms with Crippen LogP contribution in [0.5, 0.6) is 0 Å². The number of hydrogen-bond donors (Lipinski definition) is 0. The van der Waals surface area contributed by atoms with Gasteiger partial charge in [-0.1, -0.05) is 0 Å². The quantitative estimate of drug-likeness (QED) is 0.653. The molecule has 1 aliphatic heterocycles. The van der Waals surface area contributed by atoms with Gasteiger partial charge in [0.05, 0.1) is 6.42 Å². The second kappa shape index (κ2) is 3.55. The number of rotatable bonds is 1. The van der Waals surface area contributed by atoms with Crippen molar-refractivity contribution in [1.29, 1.82) is 0 Å². The van der Waals surface area contributed by atoms with Crippen LogP contribution in [0.1, 0.15) is 6.42 Å². The van der Waals surface area contributed by atoms with Crippen LogP contribution in [0.4, 0.5) is 13.2 Å². The fourth-order valence-corrected chi connectivity index (χ4v) is 2.53. The van der Waals surface area contributed by atoms with Crippen LogP contribution in [0.2, 0.25) is 0 Å². The van der Waals surface area contributed by atoms with E-state index in [4.69, 9.17) is 0 Å². The van der Waals surface area contributed by atoms with Crippen molar-refractivity contribution in [2.24, 2.45) is 0 Å². The van der Waals surface area contributed by atoms with Crippen LogP contribution in [-0.2, 0) is 32.8 Å². The first-order chi connectivity index (χ1) is 6.49. The Morgan fingerprint density at radius 2 is 1.40 bits per heavy atom. The molecule has 1 fully saturated rings. The van der Waals surface area contributed by atoms with Gasteiger partial charge in [0.2, 0.25) is 6.29 Å². The van der Waals surface area contributed by atoms with Crippen molar-refractivity contribution in [2.75, 3.05) is 0 Å². The van der Waals surface area contributed by atoms with E-state index in [9.17, 15) is 30.0 Å². The maximum atomic E-state index is 11.8. The summed E-state index contributed by atoms with van der Waals surface area (Å²) in [6, 6.07) is 0. The first-order valence-electron chi connectivity index (χ1n) is 3.13. The summed E-state index contributed by atoms with van der Waals surface area (Å²) in [6.45, 7) is 0. The van der Waals surface area contributed by atoms with E-state index in [2.05, 4.69) is 12.0 Å². The average molecular weight is 272 g/mol. The van der Waals surface area contributed by atoms with Gasteiger partial charge in [-0.2, -0.15) is 30.0 Å². The molecule has 1 saturated heterocycles. The van der Waals surface area contributed by atoms with Crippen LogP contribution in [0, 0.1) is 0 Å². The third-order valence-corrected chi connectivity index (χ3v) is 3.25.